The Balaban J connectivity index is 1.89. The molecule has 2 aromatic rings. The van der Waals surface area contributed by atoms with Crippen LogP contribution in [-0.2, 0) is 20.5 Å². The molecular weight excluding hydrogens is 438 g/mol. The van der Waals surface area contributed by atoms with Gasteiger partial charge in [-0.2, -0.15) is 5.26 Å². The monoisotopic (exact) mass is 479 g/mol. The maximum Gasteiger partial charge on any atom is 0.200 e. The smallest absolute Gasteiger partial charge is 0.200 e. The average Bonchev–Trinajstić information content (AvgIpc) is 2.83. The molecule has 2 aromatic carbocycles. The van der Waals surface area contributed by atoms with Gasteiger partial charge in [-0.1, -0.05) is 77.9 Å². The Morgan fingerprint density at radius 3 is 2.18 bits per heavy atom. The van der Waals surface area contributed by atoms with Crippen LogP contribution in [0.15, 0.2) is 48.5 Å². The number of nitriles is 1. The zero-order chi connectivity index (χ0) is 24.7. The lowest BCUT2D eigenvalue weighted by molar-refractivity contribution is -0.181. The Hall–Kier alpha value is -1.97. The van der Waals surface area contributed by atoms with Gasteiger partial charge in [0.25, 0.3) is 0 Å². The molecule has 5 heteroatoms. The average molecular weight is 480 g/mol. The molecule has 0 saturated carbocycles. The van der Waals surface area contributed by atoms with Gasteiger partial charge in [0.15, 0.2) is 6.29 Å². The molecule has 3 rings (SSSR count). The van der Waals surface area contributed by atoms with Gasteiger partial charge in [-0.05, 0) is 64.7 Å². The van der Waals surface area contributed by atoms with E-state index in [9.17, 15) is 5.26 Å². The highest BCUT2D eigenvalue weighted by atomic mass is 28.4. The van der Waals surface area contributed by atoms with E-state index < -0.39 is 8.32 Å². The molecule has 0 N–H and O–H groups in total. The van der Waals surface area contributed by atoms with E-state index in [1.54, 1.807) is 0 Å². The van der Waals surface area contributed by atoms with Crippen molar-refractivity contribution in [2.24, 2.45) is 0 Å². The zero-order valence-electron chi connectivity index (χ0n) is 21.7. The Morgan fingerprint density at radius 2 is 1.59 bits per heavy atom. The van der Waals surface area contributed by atoms with Gasteiger partial charge in [0.05, 0.1) is 18.2 Å². The third-order valence-corrected chi connectivity index (χ3v) is 13.3. The first kappa shape index (κ1) is 26.6. The molecule has 34 heavy (non-hydrogen) atoms. The zero-order valence-corrected chi connectivity index (χ0v) is 22.7. The Morgan fingerprint density at radius 1 is 0.941 bits per heavy atom. The lowest BCUT2D eigenvalue weighted by Crippen LogP contribution is -2.47. The third-order valence-electron chi connectivity index (χ3n) is 7.19. The normalized spacial score (nSPS) is 17.8. The fourth-order valence-corrected chi connectivity index (χ4v) is 11.1. The van der Waals surface area contributed by atoms with E-state index in [-0.39, 0.29) is 12.4 Å². The van der Waals surface area contributed by atoms with E-state index in [1.807, 2.05) is 24.3 Å². The highest BCUT2D eigenvalue weighted by Crippen LogP contribution is 2.43. The van der Waals surface area contributed by atoms with Gasteiger partial charge in [0, 0.05) is 6.61 Å². The van der Waals surface area contributed by atoms with Crippen molar-refractivity contribution < 1.29 is 13.9 Å². The van der Waals surface area contributed by atoms with Crippen LogP contribution < -0.4 is 0 Å². The van der Waals surface area contributed by atoms with Crippen LogP contribution in [0.25, 0.3) is 0 Å². The van der Waals surface area contributed by atoms with Crippen molar-refractivity contribution in [3.63, 3.8) is 0 Å². The van der Waals surface area contributed by atoms with Crippen LogP contribution in [-0.4, -0.2) is 21.2 Å². The SMILES string of the molecule is CC(C)[Si](OCc1cccc(C(OC2CCCCO2)c2cccc(C#N)c2)c1)(C(C)C)C(C)C. The van der Waals surface area contributed by atoms with Crippen molar-refractivity contribution in [2.75, 3.05) is 6.61 Å². The number of benzene rings is 2. The van der Waals surface area contributed by atoms with E-state index in [2.05, 4.69) is 71.9 Å². The van der Waals surface area contributed by atoms with Gasteiger partial charge in [-0.3, -0.25) is 0 Å². The van der Waals surface area contributed by atoms with Gasteiger partial charge >= 0.3 is 0 Å². The van der Waals surface area contributed by atoms with E-state index in [0.717, 1.165) is 42.6 Å². The number of rotatable bonds is 10. The molecule has 2 unspecified atom stereocenters. The molecule has 0 radical (unpaired) electrons. The summed E-state index contributed by atoms with van der Waals surface area (Å²) < 4.78 is 19.3. The summed E-state index contributed by atoms with van der Waals surface area (Å²) in [5.41, 5.74) is 5.47. The molecule has 1 aliphatic heterocycles. The van der Waals surface area contributed by atoms with Gasteiger partial charge in [-0.15, -0.1) is 0 Å². The van der Waals surface area contributed by atoms with Crippen molar-refractivity contribution in [2.45, 2.75) is 96.4 Å². The standard InChI is InChI=1S/C29H41NO3Si/c1-21(2)34(22(3)4,23(5)6)32-20-25-12-10-14-27(18-25)29(33-28-15-7-8-16-31-28)26-13-9-11-24(17-26)19-30/h9-14,17-18,21-23,28-29H,7-8,15-16,20H2,1-6H3. The van der Waals surface area contributed by atoms with Gasteiger partial charge in [0.2, 0.25) is 8.32 Å². The Kier molecular flexibility index (Phi) is 9.50. The topological polar surface area (TPSA) is 51.5 Å². The molecule has 0 bridgehead atoms. The fourth-order valence-electron chi connectivity index (χ4n) is 5.65. The molecule has 0 aromatic heterocycles. The molecule has 1 saturated heterocycles. The minimum atomic E-state index is -1.95. The summed E-state index contributed by atoms with van der Waals surface area (Å²) in [5.74, 6) is 0. The van der Waals surface area contributed by atoms with E-state index >= 15 is 0 Å². The summed E-state index contributed by atoms with van der Waals surface area (Å²) in [6.45, 7) is 15.3. The number of hydrogen-bond donors (Lipinski definition) is 0. The fraction of sp³-hybridized carbons (Fsp3) is 0.552. The van der Waals surface area contributed by atoms with Gasteiger partial charge in [-0.25, -0.2) is 0 Å². The molecule has 0 spiro atoms. The van der Waals surface area contributed by atoms with E-state index in [4.69, 9.17) is 13.9 Å². The molecule has 1 heterocycles. The first-order valence-electron chi connectivity index (χ1n) is 12.8. The van der Waals surface area contributed by atoms with Crippen molar-refractivity contribution in [3.8, 4) is 6.07 Å². The lowest BCUT2D eigenvalue weighted by atomic mass is 9.98. The summed E-state index contributed by atoms with van der Waals surface area (Å²) in [5, 5.41) is 9.43. The molecule has 1 aliphatic rings. The van der Waals surface area contributed by atoms with Crippen LogP contribution in [0.5, 0.6) is 0 Å². The number of nitrogens with zero attached hydrogens (tertiary/aromatic N) is 1. The van der Waals surface area contributed by atoms with Crippen LogP contribution in [0.1, 0.15) is 89.2 Å². The first-order valence-corrected chi connectivity index (χ1v) is 14.9. The third kappa shape index (κ3) is 6.17. The van der Waals surface area contributed by atoms with Gasteiger partial charge < -0.3 is 13.9 Å². The van der Waals surface area contributed by atoms with Crippen molar-refractivity contribution >= 4 is 8.32 Å². The highest BCUT2D eigenvalue weighted by Gasteiger charge is 2.45. The quantitative estimate of drug-likeness (QED) is 0.325. The summed E-state index contributed by atoms with van der Waals surface area (Å²) >= 11 is 0. The summed E-state index contributed by atoms with van der Waals surface area (Å²) in [7, 11) is -1.95. The largest absolute Gasteiger partial charge is 0.412 e. The maximum atomic E-state index is 9.43. The summed E-state index contributed by atoms with van der Waals surface area (Å²) in [4.78, 5) is 0. The highest BCUT2D eigenvalue weighted by molar-refractivity contribution is 6.77. The minimum Gasteiger partial charge on any atom is -0.412 e. The first-order chi connectivity index (χ1) is 16.3. The van der Waals surface area contributed by atoms with E-state index in [1.165, 1.54) is 0 Å². The van der Waals surface area contributed by atoms with Crippen molar-refractivity contribution in [1.82, 2.24) is 0 Å². The summed E-state index contributed by atoms with van der Waals surface area (Å²) in [6.07, 6.45) is 2.55. The molecule has 0 amide bonds. The maximum absolute atomic E-state index is 9.43. The van der Waals surface area contributed by atoms with Crippen LogP contribution in [0, 0.1) is 11.3 Å². The number of ether oxygens (including phenoxy) is 2. The molecule has 184 valence electrons. The predicted molar refractivity (Wildman–Crippen MR) is 140 cm³/mol. The van der Waals surface area contributed by atoms with Gasteiger partial charge in [0.1, 0.15) is 6.10 Å². The van der Waals surface area contributed by atoms with Crippen molar-refractivity contribution in [1.29, 1.82) is 5.26 Å². The Bertz CT molecular complexity index is 938. The summed E-state index contributed by atoms with van der Waals surface area (Å²) in [6, 6.07) is 18.5. The molecular formula is C29H41NO3Si. The van der Waals surface area contributed by atoms with Crippen LogP contribution in [0.2, 0.25) is 16.6 Å². The molecule has 0 aliphatic carbocycles. The lowest BCUT2D eigenvalue weighted by Gasteiger charge is -2.42. The van der Waals surface area contributed by atoms with Crippen molar-refractivity contribution in [3.05, 3.63) is 70.8 Å². The molecule has 4 nitrogen and oxygen atoms in total. The Labute approximate surface area is 207 Å². The second kappa shape index (κ2) is 12.1. The predicted octanol–water partition coefficient (Wildman–Crippen LogP) is 7.88. The van der Waals surface area contributed by atoms with Crippen LogP contribution >= 0.6 is 0 Å². The molecule has 1 fully saturated rings. The number of hydrogen-bond acceptors (Lipinski definition) is 4. The van der Waals surface area contributed by atoms with Crippen LogP contribution in [0.4, 0.5) is 0 Å². The minimum absolute atomic E-state index is 0.229. The van der Waals surface area contributed by atoms with Crippen LogP contribution in [0.3, 0.4) is 0 Å². The molecule has 2 atom stereocenters. The second-order valence-corrected chi connectivity index (χ2v) is 15.9. The second-order valence-electron chi connectivity index (χ2n) is 10.4. The van der Waals surface area contributed by atoms with E-state index in [0.29, 0.717) is 28.8 Å².